The molecule has 4 aliphatic carbocycles. The molecule has 226 valence electrons. The second kappa shape index (κ2) is 11.2. The minimum atomic E-state index is -0.609. The van der Waals surface area contributed by atoms with Gasteiger partial charge in [0.05, 0.1) is 29.6 Å². The molecule has 1 aromatic heterocycles. The molecule has 0 aliphatic heterocycles. The van der Waals surface area contributed by atoms with Crippen molar-refractivity contribution >= 4 is 29.1 Å². The Labute approximate surface area is 250 Å². The first kappa shape index (κ1) is 29.6. The zero-order valence-corrected chi connectivity index (χ0v) is 25.4. The number of aliphatic hydroxyl groups excluding tert-OH is 2. The molecule has 0 amide bonds. The number of ether oxygens (including phenoxy) is 1. The molecular formula is C33H41FN2O5S. The fraction of sp³-hybridized carbons (Fsp3) is 0.606. The Morgan fingerprint density at radius 1 is 1.21 bits per heavy atom. The van der Waals surface area contributed by atoms with Crippen molar-refractivity contribution in [3.63, 3.8) is 0 Å². The lowest BCUT2D eigenvalue weighted by Gasteiger charge is -2.60. The van der Waals surface area contributed by atoms with Crippen LogP contribution in [0.1, 0.15) is 70.6 Å². The van der Waals surface area contributed by atoms with Crippen molar-refractivity contribution in [2.75, 3.05) is 12.4 Å². The van der Waals surface area contributed by atoms with Crippen molar-refractivity contribution in [2.45, 2.75) is 71.8 Å². The van der Waals surface area contributed by atoms with Gasteiger partial charge < -0.3 is 14.9 Å². The average molecular weight is 597 g/mol. The van der Waals surface area contributed by atoms with E-state index in [0.29, 0.717) is 30.4 Å². The summed E-state index contributed by atoms with van der Waals surface area (Å²) in [6.45, 7) is 6.42. The smallest absolute Gasteiger partial charge is 0.374 e. The van der Waals surface area contributed by atoms with Gasteiger partial charge in [-0.25, -0.2) is 13.9 Å². The Balaban J connectivity index is 1.21. The Morgan fingerprint density at radius 3 is 2.71 bits per heavy atom. The van der Waals surface area contributed by atoms with E-state index < -0.39 is 23.3 Å². The number of allylic oxidation sites excluding steroid dienone is 1. The second-order valence-corrected chi connectivity index (χ2v) is 14.4. The number of fused-ring (bicyclic) bond motifs is 6. The molecule has 9 heteroatoms. The highest BCUT2D eigenvalue weighted by molar-refractivity contribution is 8.13. The number of aromatic nitrogens is 2. The van der Waals surface area contributed by atoms with E-state index in [1.165, 1.54) is 17.7 Å². The maximum atomic E-state index is 13.6. The van der Waals surface area contributed by atoms with Crippen molar-refractivity contribution < 1.29 is 28.9 Å². The van der Waals surface area contributed by atoms with Crippen LogP contribution >= 0.6 is 11.8 Å². The van der Waals surface area contributed by atoms with Gasteiger partial charge in [-0.1, -0.05) is 26.3 Å². The maximum absolute atomic E-state index is 13.6. The van der Waals surface area contributed by atoms with Crippen molar-refractivity contribution in [1.29, 1.82) is 0 Å². The first-order valence-corrected chi connectivity index (χ1v) is 16.3. The van der Waals surface area contributed by atoms with Crippen LogP contribution in [0.25, 0.3) is 11.8 Å². The van der Waals surface area contributed by atoms with Crippen LogP contribution in [0.4, 0.5) is 9.18 Å². The fourth-order valence-corrected chi connectivity index (χ4v) is 10.0. The standard InChI is InChI=1S/C33H41FN2O5S/c1-19(30(39)41-31(40)42-14-4-13-37)25-11-12-26-24-10-5-21-15-27-20(18-35-36(27)23-8-6-22(34)7-9-23)16-32(21,2)29(24)28(38)17-33(25,26)3/h6-9,15,18-19,24-26,28-29,37-38H,4-5,10-14,16-17H2,1-3H3/t19?,24-,25+,26-,28-,29+,32?,33+/m0/s1. The largest absolute Gasteiger partial charge is 0.396 e. The summed E-state index contributed by atoms with van der Waals surface area (Å²) < 4.78 is 20.6. The summed E-state index contributed by atoms with van der Waals surface area (Å²) in [6.07, 6.45) is 9.42. The lowest BCUT2D eigenvalue weighted by Crippen LogP contribution is -2.57. The lowest BCUT2D eigenvalue weighted by molar-refractivity contribution is -0.151. The summed E-state index contributed by atoms with van der Waals surface area (Å²) in [5, 5.41) is 24.9. The van der Waals surface area contributed by atoms with Crippen LogP contribution in [0.5, 0.6) is 0 Å². The van der Waals surface area contributed by atoms with Gasteiger partial charge >= 0.3 is 11.3 Å². The predicted octanol–water partition coefficient (Wildman–Crippen LogP) is 6.20. The number of carbonyl (C=O) groups excluding carboxylic acids is 2. The number of benzene rings is 1. The molecule has 2 unspecified atom stereocenters. The Kier molecular flexibility index (Phi) is 7.90. The molecule has 2 aromatic rings. The van der Waals surface area contributed by atoms with E-state index in [9.17, 15) is 19.1 Å². The monoisotopic (exact) mass is 596 g/mol. The Bertz CT molecular complexity index is 1390. The minimum Gasteiger partial charge on any atom is -0.396 e. The topological polar surface area (TPSA) is 102 Å². The molecule has 1 aromatic carbocycles. The van der Waals surface area contributed by atoms with Crippen molar-refractivity contribution in [3.8, 4) is 5.69 Å². The number of halogens is 1. The summed E-state index contributed by atoms with van der Waals surface area (Å²) in [6, 6.07) is 6.40. The van der Waals surface area contributed by atoms with Gasteiger partial charge in [0.1, 0.15) is 5.82 Å². The highest BCUT2D eigenvalue weighted by atomic mass is 32.2. The highest BCUT2D eigenvalue weighted by Gasteiger charge is 2.63. The SMILES string of the molecule is CC(C(=O)OC(=O)SCCCO)[C@H]1CC[C@H]2[C@@H]3CCC4=Cc5c(cnn5-c5ccc(F)cc5)CC4(C)[C@H]3[C@@H](O)C[C@]12C. The summed E-state index contributed by atoms with van der Waals surface area (Å²) in [4.78, 5) is 25.2. The highest BCUT2D eigenvalue weighted by Crippen LogP contribution is 2.67. The van der Waals surface area contributed by atoms with Crippen LogP contribution < -0.4 is 0 Å². The number of carbonyl (C=O) groups is 2. The lowest BCUT2D eigenvalue weighted by atomic mass is 9.45. The van der Waals surface area contributed by atoms with Crippen LogP contribution in [-0.2, 0) is 16.0 Å². The molecular weight excluding hydrogens is 555 g/mol. The van der Waals surface area contributed by atoms with Crippen molar-refractivity contribution in [3.05, 3.63) is 53.1 Å². The van der Waals surface area contributed by atoms with E-state index in [2.05, 4.69) is 25.0 Å². The normalized spacial score (nSPS) is 34.0. The molecule has 8 atom stereocenters. The number of esters is 1. The molecule has 2 N–H and O–H groups in total. The average Bonchev–Trinajstić information content (AvgIpc) is 3.51. The third-order valence-corrected chi connectivity index (χ3v) is 12.1. The summed E-state index contributed by atoms with van der Waals surface area (Å²) >= 11 is 0.924. The summed E-state index contributed by atoms with van der Waals surface area (Å²) in [5.41, 5.74) is 3.97. The number of nitrogens with zero attached hydrogens (tertiary/aromatic N) is 2. The molecule has 0 spiro atoms. The molecule has 7 nitrogen and oxygen atoms in total. The van der Waals surface area contributed by atoms with Gasteiger partial charge in [0.2, 0.25) is 0 Å². The van der Waals surface area contributed by atoms with Gasteiger partial charge in [-0.3, -0.25) is 4.79 Å². The summed E-state index contributed by atoms with van der Waals surface area (Å²) in [5.74, 6) is 0.111. The zero-order chi connectivity index (χ0) is 29.8. The number of hydrogen-bond acceptors (Lipinski definition) is 7. The molecule has 6 rings (SSSR count). The third kappa shape index (κ3) is 4.85. The molecule has 0 radical (unpaired) electrons. The van der Waals surface area contributed by atoms with E-state index in [4.69, 9.17) is 9.84 Å². The van der Waals surface area contributed by atoms with E-state index in [1.54, 1.807) is 12.1 Å². The number of aliphatic hydroxyl groups is 2. The third-order valence-electron chi connectivity index (χ3n) is 11.2. The first-order valence-electron chi connectivity index (χ1n) is 15.3. The number of hydrogen-bond donors (Lipinski definition) is 2. The van der Waals surface area contributed by atoms with Crippen molar-refractivity contribution in [1.82, 2.24) is 9.78 Å². The van der Waals surface area contributed by atoms with Gasteiger partial charge in [0.15, 0.2) is 0 Å². The van der Waals surface area contributed by atoms with Crippen LogP contribution in [0.15, 0.2) is 36.0 Å². The van der Waals surface area contributed by atoms with Gasteiger partial charge in [-0.15, -0.1) is 0 Å². The maximum Gasteiger partial charge on any atom is 0.374 e. The van der Waals surface area contributed by atoms with E-state index in [0.717, 1.165) is 60.8 Å². The van der Waals surface area contributed by atoms with Gasteiger partial charge in [0.25, 0.3) is 0 Å². The Morgan fingerprint density at radius 2 is 1.98 bits per heavy atom. The van der Waals surface area contributed by atoms with Gasteiger partial charge in [-0.2, -0.15) is 5.10 Å². The second-order valence-electron chi connectivity index (χ2n) is 13.4. The van der Waals surface area contributed by atoms with Crippen LogP contribution in [0.2, 0.25) is 0 Å². The first-order chi connectivity index (χ1) is 20.1. The molecule has 1 heterocycles. The zero-order valence-electron chi connectivity index (χ0n) is 24.6. The Hall–Kier alpha value is -2.49. The molecule has 0 bridgehead atoms. The van der Waals surface area contributed by atoms with E-state index in [1.807, 2.05) is 17.8 Å². The van der Waals surface area contributed by atoms with Gasteiger partial charge in [0, 0.05) is 12.4 Å². The van der Waals surface area contributed by atoms with Gasteiger partial charge in [-0.05, 0) is 127 Å². The summed E-state index contributed by atoms with van der Waals surface area (Å²) in [7, 11) is 0. The molecule has 4 aliphatic rings. The van der Waals surface area contributed by atoms with Crippen molar-refractivity contribution in [2.24, 2.45) is 40.4 Å². The molecule has 3 fully saturated rings. The molecule has 0 saturated heterocycles. The number of rotatable bonds is 6. The van der Waals surface area contributed by atoms with Crippen LogP contribution in [0, 0.1) is 46.2 Å². The quantitative estimate of drug-likeness (QED) is 0.233. The minimum absolute atomic E-state index is 0.00590. The van der Waals surface area contributed by atoms with Crippen LogP contribution in [-0.4, -0.2) is 49.7 Å². The van der Waals surface area contributed by atoms with E-state index in [-0.39, 0.29) is 35.1 Å². The molecule has 3 saturated carbocycles. The predicted molar refractivity (Wildman–Crippen MR) is 159 cm³/mol. The fourth-order valence-electron chi connectivity index (χ4n) is 9.42. The number of thioether (sulfide) groups is 1. The van der Waals surface area contributed by atoms with Crippen LogP contribution in [0.3, 0.4) is 0 Å². The molecule has 42 heavy (non-hydrogen) atoms. The van der Waals surface area contributed by atoms with E-state index >= 15 is 0 Å².